The van der Waals surface area contributed by atoms with Gasteiger partial charge in [-0.15, -0.1) is 0 Å². The number of carboxylic acid groups (broad SMARTS) is 2. The number of Topliss-reactive ketones (excluding diaryl/α,β-unsaturated/α-hetero) is 1. The van der Waals surface area contributed by atoms with Crippen LogP contribution >= 0.6 is 11.8 Å². The van der Waals surface area contributed by atoms with Gasteiger partial charge in [-0.25, -0.2) is 4.79 Å². The van der Waals surface area contributed by atoms with Crippen LogP contribution in [0, 0.1) is 5.92 Å². The first-order valence-electron chi connectivity index (χ1n) is 3.99. The van der Waals surface area contributed by atoms with Gasteiger partial charge in [-0.2, -0.15) is 11.8 Å². The molecule has 2 N–H and O–H groups in total. The molecule has 6 heteroatoms. The normalized spacial score (nSPS) is 12.1. The first-order chi connectivity index (χ1) is 6.50. The van der Waals surface area contributed by atoms with Crippen LogP contribution in [0.1, 0.15) is 12.8 Å². The lowest BCUT2D eigenvalue weighted by Crippen LogP contribution is -2.30. The summed E-state index contributed by atoms with van der Waals surface area (Å²) in [5.41, 5.74) is 0. The molecule has 0 aromatic rings. The van der Waals surface area contributed by atoms with E-state index < -0.39 is 23.6 Å². The van der Waals surface area contributed by atoms with E-state index in [-0.39, 0.29) is 6.42 Å². The zero-order valence-electron chi connectivity index (χ0n) is 7.73. The van der Waals surface area contributed by atoms with Crippen molar-refractivity contribution in [2.75, 3.05) is 12.0 Å². The Balaban J connectivity index is 4.23. The molecular weight excluding hydrogens is 208 g/mol. The lowest BCUT2D eigenvalue weighted by atomic mass is 9.99. The number of carboxylic acids is 2. The molecule has 0 heterocycles. The van der Waals surface area contributed by atoms with E-state index in [0.717, 1.165) is 5.75 Å². The molecule has 0 radical (unpaired) electrons. The quantitative estimate of drug-likeness (QED) is 0.368. The van der Waals surface area contributed by atoms with E-state index in [9.17, 15) is 14.4 Å². The Labute approximate surface area is 85.5 Å². The Morgan fingerprint density at radius 1 is 1.29 bits per heavy atom. The highest BCUT2D eigenvalue weighted by molar-refractivity contribution is 7.98. The van der Waals surface area contributed by atoms with Gasteiger partial charge >= 0.3 is 11.9 Å². The molecular formula is C8H12O5S. The zero-order chi connectivity index (χ0) is 11.1. The summed E-state index contributed by atoms with van der Waals surface area (Å²) in [4.78, 5) is 31.7. The maximum Gasteiger partial charge on any atom is 0.373 e. The van der Waals surface area contributed by atoms with Crippen molar-refractivity contribution in [1.29, 1.82) is 0 Å². The number of aliphatic carboxylic acids is 2. The Morgan fingerprint density at radius 2 is 1.86 bits per heavy atom. The molecule has 0 fully saturated rings. The monoisotopic (exact) mass is 220 g/mol. The van der Waals surface area contributed by atoms with Gasteiger partial charge in [-0.1, -0.05) is 0 Å². The van der Waals surface area contributed by atoms with Gasteiger partial charge in [0.15, 0.2) is 0 Å². The van der Waals surface area contributed by atoms with Crippen LogP contribution in [-0.4, -0.2) is 39.9 Å². The van der Waals surface area contributed by atoms with Crippen molar-refractivity contribution in [1.82, 2.24) is 0 Å². The molecule has 0 aliphatic heterocycles. The van der Waals surface area contributed by atoms with Crippen molar-refractivity contribution in [3.63, 3.8) is 0 Å². The van der Waals surface area contributed by atoms with E-state index in [4.69, 9.17) is 10.2 Å². The molecule has 0 aliphatic rings. The summed E-state index contributed by atoms with van der Waals surface area (Å²) in [6.45, 7) is 0. The molecule has 1 unspecified atom stereocenters. The van der Waals surface area contributed by atoms with Gasteiger partial charge in [0.05, 0.1) is 0 Å². The number of carbonyl (C=O) groups excluding carboxylic acids is 1. The number of thioether (sulfide) groups is 1. The summed E-state index contributed by atoms with van der Waals surface area (Å²) in [6, 6.07) is 0. The number of rotatable bonds is 7. The lowest BCUT2D eigenvalue weighted by Gasteiger charge is -2.07. The number of carbonyl (C=O) groups is 3. The van der Waals surface area contributed by atoms with E-state index in [1.54, 1.807) is 0 Å². The highest BCUT2D eigenvalue weighted by Crippen LogP contribution is 2.11. The van der Waals surface area contributed by atoms with Crippen molar-refractivity contribution < 1.29 is 24.6 Å². The lowest BCUT2D eigenvalue weighted by molar-refractivity contribution is -0.157. The molecule has 0 aliphatic carbocycles. The molecule has 1 atom stereocenters. The summed E-state index contributed by atoms with van der Waals surface area (Å²) in [7, 11) is 0. The van der Waals surface area contributed by atoms with E-state index in [0.29, 0.717) is 6.42 Å². The second kappa shape index (κ2) is 6.42. The Kier molecular flexibility index (Phi) is 5.94. The minimum atomic E-state index is -1.68. The molecule has 80 valence electrons. The third-order valence-electron chi connectivity index (χ3n) is 1.67. The molecule has 0 spiro atoms. The van der Waals surface area contributed by atoms with Gasteiger partial charge in [0.1, 0.15) is 5.92 Å². The van der Waals surface area contributed by atoms with Gasteiger partial charge < -0.3 is 10.2 Å². The van der Waals surface area contributed by atoms with Crippen molar-refractivity contribution >= 4 is 29.5 Å². The van der Waals surface area contributed by atoms with Crippen LogP contribution in [0.5, 0.6) is 0 Å². The van der Waals surface area contributed by atoms with E-state index in [1.165, 1.54) is 11.8 Å². The van der Waals surface area contributed by atoms with Crippen molar-refractivity contribution in [2.24, 2.45) is 5.92 Å². The van der Waals surface area contributed by atoms with Crippen LogP contribution in [0.15, 0.2) is 0 Å². The molecule has 0 aromatic carbocycles. The van der Waals surface area contributed by atoms with Crippen LogP contribution in [0.2, 0.25) is 0 Å². The minimum absolute atomic E-state index is 0.0846. The standard InChI is InChI=1S/C8H12O5S/c1-14-4-2-3-5(7(10)11)6(9)8(12)13/h5H,2-4H2,1H3,(H,10,11)(H,12,13). The van der Waals surface area contributed by atoms with Crippen LogP contribution in [-0.2, 0) is 14.4 Å². The summed E-state index contributed by atoms with van der Waals surface area (Å²) in [5.74, 6) is -4.96. The minimum Gasteiger partial charge on any atom is -0.481 e. The van der Waals surface area contributed by atoms with Gasteiger partial charge in [-0.3, -0.25) is 9.59 Å². The molecule has 5 nitrogen and oxygen atoms in total. The highest BCUT2D eigenvalue weighted by atomic mass is 32.2. The maximum absolute atomic E-state index is 10.9. The first-order valence-corrected chi connectivity index (χ1v) is 5.39. The fourth-order valence-corrected chi connectivity index (χ4v) is 1.40. The molecule has 14 heavy (non-hydrogen) atoms. The van der Waals surface area contributed by atoms with Gasteiger partial charge in [0.2, 0.25) is 0 Å². The van der Waals surface area contributed by atoms with Crippen LogP contribution in [0.25, 0.3) is 0 Å². The predicted molar refractivity (Wildman–Crippen MR) is 51.4 cm³/mol. The average Bonchev–Trinajstić information content (AvgIpc) is 2.10. The summed E-state index contributed by atoms with van der Waals surface area (Å²) in [6.07, 6.45) is 2.47. The first kappa shape index (κ1) is 13.0. The molecule has 0 aromatic heterocycles. The fourth-order valence-electron chi connectivity index (χ4n) is 0.948. The Bertz CT molecular complexity index is 238. The third kappa shape index (κ3) is 4.27. The molecule has 0 bridgehead atoms. The van der Waals surface area contributed by atoms with Crippen molar-refractivity contribution in [3.8, 4) is 0 Å². The second-order valence-electron chi connectivity index (χ2n) is 2.70. The van der Waals surface area contributed by atoms with Crippen LogP contribution < -0.4 is 0 Å². The number of hydrogen-bond acceptors (Lipinski definition) is 4. The molecule has 0 saturated carbocycles. The Morgan fingerprint density at radius 3 is 2.21 bits per heavy atom. The highest BCUT2D eigenvalue weighted by Gasteiger charge is 2.30. The van der Waals surface area contributed by atoms with Crippen LogP contribution in [0.4, 0.5) is 0 Å². The Hall–Kier alpha value is -1.04. The third-order valence-corrected chi connectivity index (χ3v) is 2.36. The number of hydrogen-bond donors (Lipinski definition) is 2. The summed E-state index contributed by atoms with van der Waals surface area (Å²) < 4.78 is 0. The topological polar surface area (TPSA) is 91.7 Å². The summed E-state index contributed by atoms with van der Waals surface area (Å²) >= 11 is 1.52. The van der Waals surface area contributed by atoms with E-state index in [1.807, 2.05) is 6.26 Å². The van der Waals surface area contributed by atoms with Gasteiger partial charge in [0, 0.05) is 0 Å². The predicted octanol–water partition coefficient (Wildman–Crippen LogP) is 0.484. The van der Waals surface area contributed by atoms with Gasteiger partial charge in [0.25, 0.3) is 5.78 Å². The maximum atomic E-state index is 10.9. The van der Waals surface area contributed by atoms with E-state index >= 15 is 0 Å². The van der Waals surface area contributed by atoms with Crippen molar-refractivity contribution in [3.05, 3.63) is 0 Å². The van der Waals surface area contributed by atoms with Crippen LogP contribution in [0.3, 0.4) is 0 Å². The molecule has 0 amide bonds. The molecule has 0 saturated heterocycles. The van der Waals surface area contributed by atoms with Gasteiger partial charge in [-0.05, 0) is 24.9 Å². The average molecular weight is 220 g/mol. The largest absolute Gasteiger partial charge is 0.481 e. The van der Waals surface area contributed by atoms with Crippen molar-refractivity contribution in [2.45, 2.75) is 12.8 Å². The van der Waals surface area contributed by atoms with E-state index in [2.05, 4.69) is 0 Å². The fraction of sp³-hybridized carbons (Fsp3) is 0.625. The summed E-state index contributed by atoms with van der Waals surface area (Å²) in [5, 5.41) is 16.9. The number of ketones is 1. The zero-order valence-corrected chi connectivity index (χ0v) is 8.54. The smallest absolute Gasteiger partial charge is 0.373 e. The molecule has 0 rings (SSSR count). The second-order valence-corrected chi connectivity index (χ2v) is 3.68. The SMILES string of the molecule is CSCCCC(C(=O)O)C(=O)C(=O)O.